The fraction of sp³-hybridized carbons (Fsp3) is 0.333. The van der Waals surface area contributed by atoms with Gasteiger partial charge >= 0.3 is 6.18 Å². The zero-order chi connectivity index (χ0) is 34.1. The van der Waals surface area contributed by atoms with E-state index in [-0.39, 0.29) is 40.2 Å². The number of carbonyl (C=O) groups excluding carboxylic acids is 2. The molecule has 1 saturated carbocycles. The lowest BCUT2D eigenvalue weighted by Crippen LogP contribution is -2.48. The summed E-state index contributed by atoms with van der Waals surface area (Å²) in [5, 5.41) is 9.50. The molecule has 2 fully saturated rings. The van der Waals surface area contributed by atoms with Crippen molar-refractivity contribution in [2.24, 2.45) is 0 Å². The second kappa shape index (κ2) is 13.4. The van der Waals surface area contributed by atoms with Gasteiger partial charge in [-0.1, -0.05) is 29.3 Å². The van der Waals surface area contributed by atoms with Crippen LogP contribution >= 0.6 is 11.6 Å². The van der Waals surface area contributed by atoms with E-state index in [0.717, 1.165) is 24.5 Å². The van der Waals surface area contributed by atoms with Gasteiger partial charge in [0, 0.05) is 42.2 Å². The van der Waals surface area contributed by atoms with Crippen molar-refractivity contribution < 1.29 is 40.1 Å². The van der Waals surface area contributed by atoms with Crippen molar-refractivity contribution in [3.63, 3.8) is 0 Å². The van der Waals surface area contributed by atoms with Gasteiger partial charge in [0.2, 0.25) is 5.91 Å². The van der Waals surface area contributed by atoms with Gasteiger partial charge < -0.3 is 15.5 Å². The van der Waals surface area contributed by atoms with Gasteiger partial charge in [0.25, 0.3) is 16.0 Å². The molecule has 47 heavy (non-hydrogen) atoms. The molecule has 250 valence electrons. The van der Waals surface area contributed by atoms with Crippen molar-refractivity contribution >= 4 is 50.3 Å². The van der Waals surface area contributed by atoms with Gasteiger partial charge in [-0.3, -0.25) is 18.8 Å². The Balaban J connectivity index is 0.000000335. The van der Waals surface area contributed by atoms with Gasteiger partial charge in [-0.2, -0.15) is 26.7 Å². The summed E-state index contributed by atoms with van der Waals surface area (Å²) in [6.07, 6.45) is -0.843. The Morgan fingerprint density at radius 1 is 1.09 bits per heavy atom. The maximum atomic E-state index is 14.2. The van der Waals surface area contributed by atoms with Crippen molar-refractivity contribution in [2.75, 3.05) is 25.0 Å². The molecule has 0 radical (unpaired) electrons. The van der Waals surface area contributed by atoms with Gasteiger partial charge in [0.1, 0.15) is 24.7 Å². The Labute approximate surface area is 271 Å². The highest BCUT2D eigenvalue weighted by atomic mass is 35.5. The summed E-state index contributed by atoms with van der Waals surface area (Å²) in [5.74, 6) is -1.44. The summed E-state index contributed by atoms with van der Waals surface area (Å²) in [5.41, 5.74) is 2.13. The average Bonchev–Trinajstić information content (AvgIpc) is 3.72. The second-order valence-corrected chi connectivity index (χ2v) is 13.0. The first kappa shape index (κ1) is 34.1. The zero-order valence-electron chi connectivity index (χ0n) is 24.8. The molecule has 3 N–H and O–H groups in total. The van der Waals surface area contributed by atoms with Crippen LogP contribution in [0.2, 0.25) is 5.02 Å². The third kappa shape index (κ3) is 8.55. The van der Waals surface area contributed by atoms with E-state index in [4.69, 9.17) is 16.2 Å². The Morgan fingerprint density at radius 3 is 2.38 bits per heavy atom. The Hall–Kier alpha value is -4.28. The van der Waals surface area contributed by atoms with Gasteiger partial charge in [-0.05, 0) is 56.2 Å². The van der Waals surface area contributed by atoms with E-state index in [1.165, 1.54) is 22.9 Å². The molecule has 2 aromatic heterocycles. The molecule has 1 aliphatic carbocycles. The molecule has 6 rings (SSSR count). The summed E-state index contributed by atoms with van der Waals surface area (Å²) in [4.78, 5) is 30.8. The minimum Gasteiger partial charge on any atom is -0.367 e. The SMILES string of the molecule is Cc1ccc(S(=O)(=O)O)cc1.O=C(Cn1nc(C2CN(C(=O)c3ccnc(NC4CC4)c3)C2)c2c(Cl)c(F)ccc21)NCC(F)(F)F. The monoisotopic (exact) mass is 696 g/mol. The summed E-state index contributed by atoms with van der Waals surface area (Å²) < 4.78 is 82.3. The fourth-order valence-corrected chi connectivity index (χ4v) is 5.56. The number of aromatic nitrogens is 3. The van der Waals surface area contributed by atoms with Gasteiger partial charge in [0.15, 0.2) is 0 Å². The van der Waals surface area contributed by atoms with Crippen LogP contribution in [0.5, 0.6) is 0 Å². The molecular formula is C30H29ClF4N6O5S. The standard InChI is InChI=1S/C23H21ClF4N6O2.C7H8O3S/c24-20-15(25)3-4-16-19(20)21(32-34(16)10-18(35)30-11-23(26,27)28)13-8-33(9-13)22(36)12-5-6-29-17(7-12)31-14-1-2-14;1-6-2-4-7(5-3-6)11(8,9)10/h3-7,13-14H,1-2,8-11H2,(H,29,31)(H,30,35);2-5H,1H3,(H,8,9,10). The summed E-state index contributed by atoms with van der Waals surface area (Å²) in [6.45, 7) is 0.433. The Morgan fingerprint density at radius 2 is 1.77 bits per heavy atom. The molecule has 17 heteroatoms. The van der Waals surface area contributed by atoms with Gasteiger partial charge in [-0.15, -0.1) is 0 Å². The molecule has 2 aromatic carbocycles. The number of aryl methyl sites for hydroxylation is 1. The first-order valence-corrected chi connectivity index (χ1v) is 16.1. The van der Waals surface area contributed by atoms with Gasteiger partial charge in [0.05, 0.1) is 21.1 Å². The van der Waals surface area contributed by atoms with Gasteiger partial charge in [-0.25, -0.2) is 9.37 Å². The molecule has 1 aliphatic heterocycles. The molecular weight excluding hydrogens is 668 g/mol. The topological polar surface area (TPSA) is 147 Å². The van der Waals surface area contributed by atoms with E-state index < -0.39 is 41.1 Å². The molecule has 2 aliphatic rings. The number of alkyl halides is 3. The molecule has 3 heterocycles. The number of likely N-dealkylation sites (tertiary alicyclic amines) is 1. The molecule has 0 unspecified atom stereocenters. The predicted molar refractivity (Wildman–Crippen MR) is 164 cm³/mol. The smallest absolute Gasteiger partial charge is 0.367 e. The van der Waals surface area contributed by atoms with Crippen LogP contribution in [0.15, 0.2) is 59.6 Å². The minimum atomic E-state index is -4.55. The largest absolute Gasteiger partial charge is 0.405 e. The van der Waals surface area contributed by atoms with Crippen molar-refractivity contribution in [1.82, 2.24) is 25.0 Å². The van der Waals surface area contributed by atoms with Crippen LogP contribution in [0.1, 0.15) is 40.4 Å². The van der Waals surface area contributed by atoms with Crippen LogP contribution in [-0.2, 0) is 21.5 Å². The average molecular weight is 697 g/mol. The Bertz CT molecular complexity index is 1910. The highest BCUT2D eigenvalue weighted by molar-refractivity contribution is 7.85. The number of carbonyl (C=O) groups is 2. The predicted octanol–water partition coefficient (Wildman–Crippen LogP) is 4.96. The number of rotatable bonds is 8. The molecule has 1 saturated heterocycles. The number of halogens is 5. The maximum Gasteiger partial charge on any atom is 0.405 e. The zero-order valence-corrected chi connectivity index (χ0v) is 26.3. The van der Waals surface area contributed by atoms with Crippen molar-refractivity contribution in [2.45, 2.75) is 49.3 Å². The molecule has 4 aromatic rings. The Kier molecular flexibility index (Phi) is 9.75. The molecule has 0 atom stereocenters. The maximum absolute atomic E-state index is 14.2. The number of hydrogen-bond acceptors (Lipinski definition) is 7. The summed E-state index contributed by atoms with van der Waals surface area (Å²) in [7, 11) is -4.02. The first-order chi connectivity index (χ1) is 22.1. The normalized spacial score (nSPS) is 15.1. The van der Waals surface area contributed by atoms with E-state index in [2.05, 4.69) is 15.4 Å². The third-order valence-electron chi connectivity index (χ3n) is 7.43. The second-order valence-electron chi connectivity index (χ2n) is 11.2. The van der Waals surface area contributed by atoms with Crippen LogP contribution in [0.4, 0.5) is 23.4 Å². The number of amides is 2. The van der Waals surface area contributed by atoms with E-state index in [9.17, 15) is 35.6 Å². The molecule has 0 bridgehead atoms. The van der Waals surface area contributed by atoms with E-state index in [1.54, 1.807) is 40.7 Å². The number of benzene rings is 2. The highest BCUT2D eigenvalue weighted by Crippen LogP contribution is 2.37. The number of hydrogen-bond donors (Lipinski definition) is 3. The molecule has 2 amide bonds. The van der Waals surface area contributed by atoms with Crippen molar-refractivity contribution in [3.8, 4) is 0 Å². The number of anilines is 1. The highest BCUT2D eigenvalue weighted by Gasteiger charge is 2.37. The van der Waals surface area contributed by atoms with E-state index in [1.807, 2.05) is 6.92 Å². The van der Waals surface area contributed by atoms with E-state index >= 15 is 0 Å². The molecule has 0 spiro atoms. The van der Waals surface area contributed by atoms with Crippen LogP contribution in [0.3, 0.4) is 0 Å². The van der Waals surface area contributed by atoms with E-state index in [0.29, 0.717) is 28.6 Å². The number of nitrogens with zero attached hydrogens (tertiary/aromatic N) is 4. The summed E-state index contributed by atoms with van der Waals surface area (Å²) >= 11 is 6.21. The van der Waals surface area contributed by atoms with Crippen LogP contribution in [0, 0.1) is 12.7 Å². The van der Waals surface area contributed by atoms with Crippen LogP contribution in [-0.4, -0.2) is 76.3 Å². The molecule has 11 nitrogen and oxygen atoms in total. The number of fused-ring (bicyclic) bond motifs is 1. The summed E-state index contributed by atoms with van der Waals surface area (Å²) in [6, 6.07) is 12.2. The first-order valence-electron chi connectivity index (χ1n) is 14.3. The lowest BCUT2D eigenvalue weighted by molar-refractivity contribution is -0.138. The lowest BCUT2D eigenvalue weighted by atomic mass is 9.93. The lowest BCUT2D eigenvalue weighted by Gasteiger charge is -2.38. The minimum absolute atomic E-state index is 0.0666. The van der Waals surface area contributed by atoms with Crippen LogP contribution in [0.25, 0.3) is 10.9 Å². The fourth-order valence-electron chi connectivity index (χ4n) is 4.82. The van der Waals surface area contributed by atoms with Crippen LogP contribution < -0.4 is 10.6 Å². The van der Waals surface area contributed by atoms with Crippen molar-refractivity contribution in [1.29, 1.82) is 0 Å². The quantitative estimate of drug-likeness (QED) is 0.173. The third-order valence-corrected chi connectivity index (χ3v) is 8.66. The number of pyridine rings is 1. The number of nitrogens with one attached hydrogen (secondary N) is 2. The van der Waals surface area contributed by atoms with Crippen molar-refractivity contribution in [3.05, 3.63) is 82.4 Å².